The molecular weight excluding hydrogens is 625 g/mol. The summed E-state index contributed by atoms with van der Waals surface area (Å²) in [6.45, 7) is 0. The number of fused-ring (bicyclic) bond motifs is 7. The Morgan fingerprint density at radius 1 is 0.212 bits per heavy atom. The zero-order chi connectivity index (χ0) is 34.2. The standard InChI is InChI=1S/C52H32/c1-3-19-41-33(11-1)25-26-49-50(41)32-39-12-2-4-20-43(39)51(49)40-18-9-16-37(31-40)35-14-7-13-34(29-35)36-15-8-17-38(30-36)42-27-28-48-45-22-6-5-21-44(45)47-24-10-23-46(42)52(47)48/h1-32H. The Labute approximate surface area is 302 Å². The SMILES string of the molecule is c1cc(-c2cccc(-c3ccc4c5c(cccc35)-c3ccccc3-4)c2)cc(-c2cccc(-c3c4ccccc4cc4c3ccc3ccccc34)c2)c1. The average Bonchev–Trinajstić information content (AvgIpc) is 3.55. The van der Waals surface area contributed by atoms with E-state index in [-0.39, 0.29) is 0 Å². The largest absolute Gasteiger partial charge is 0.0616 e. The summed E-state index contributed by atoms with van der Waals surface area (Å²) in [5.74, 6) is 0. The van der Waals surface area contributed by atoms with Gasteiger partial charge in [-0.1, -0.05) is 170 Å². The number of hydrogen-bond donors (Lipinski definition) is 0. The maximum atomic E-state index is 2.37. The predicted molar refractivity (Wildman–Crippen MR) is 223 cm³/mol. The van der Waals surface area contributed by atoms with Crippen molar-refractivity contribution in [1.29, 1.82) is 0 Å². The molecule has 0 heterocycles. The lowest BCUT2D eigenvalue weighted by Crippen LogP contribution is -1.88. The Hall–Kier alpha value is -6.76. The van der Waals surface area contributed by atoms with Crippen LogP contribution in [0.15, 0.2) is 194 Å². The molecule has 10 aromatic carbocycles. The Bertz CT molecular complexity index is 3040. The lowest BCUT2D eigenvalue weighted by atomic mass is 9.88. The van der Waals surface area contributed by atoms with E-state index in [2.05, 4.69) is 194 Å². The number of hydrogen-bond acceptors (Lipinski definition) is 0. The minimum atomic E-state index is 1.21. The summed E-state index contributed by atoms with van der Waals surface area (Å²) < 4.78 is 0. The molecule has 1 aliphatic rings. The highest BCUT2D eigenvalue weighted by Crippen LogP contribution is 2.49. The first-order valence-electron chi connectivity index (χ1n) is 18.1. The summed E-state index contributed by atoms with van der Waals surface area (Å²) in [4.78, 5) is 0. The summed E-state index contributed by atoms with van der Waals surface area (Å²) in [6, 6.07) is 71.8. The van der Waals surface area contributed by atoms with E-state index >= 15 is 0 Å². The predicted octanol–water partition coefficient (Wildman–Crippen LogP) is 14.6. The van der Waals surface area contributed by atoms with E-state index in [1.54, 1.807) is 0 Å². The van der Waals surface area contributed by atoms with Crippen LogP contribution in [0.5, 0.6) is 0 Å². The second-order valence-corrected chi connectivity index (χ2v) is 14.0. The van der Waals surface area contributed by atoms with E-state index in [1.165, 1.54) is 110 Å². The third-order valence-electron chi connectivity index (χ3n) is 11.2. The van der Waals surface area contributed by atoms with Crippen molar-refractivity contribution in [2.75, 3.05) is 0 Å². The van der Waals surface area contributed by atoms with Crippen LogP contribution >= 0.6 is 0 Å². The van der Waals surface area contributed by atoms with Crippen molar-refractivity contribution in [2.24, 2.45) is 0 Å². The molecule has 1 aliphatic carbocycles. The smallest absolute Gasteiger partial charge is 0.00201 e. The van der Waals surface area contributed by atoms with Crippen molar-refractivity contribution in [2.45, 2.75) is 0 Å². The van der Waals surface area contributed by atoms with Gasteiger partial charge in [-0.15, -0.1) is 0 Å². The molecule has 0 atom stereocenters. The summed E-state index contributed by atoms with van der Waals surface area (Å²) in [7, 11) is 0. The second kappa shape index (κ2) is 11.4. The molecule has 0 N–H and O–H groups in total. The minimum absolute atomic E-state index is 1.21. The molecule has 11 rings (SSSR count). The third-order valence-corrected chi connectivity index (χ3v) is 11.2. The zero-order valence-electron chi connectivity index (χ0n) is 28.5. The maximum Gasteiger partial charge on any atom is -0.00201 e. The fourth-order valence-electron chi connectivity index (χ4n) is 8.79. The van der Waals surface area contributed by atoms with Crippen molar-refractivity contribution in [3.8, 4) is 66.8 Å². The fourth-order valence-corrected chi connectivity index (χ4v) is 8.79. The van der Waals surface area contributed by atoms with Gasteiger partial charge in [0, 0.05) is 0 Å². The first kappa shape index (κ1) is 29.0. The van der Waals surface area contributed by atoms with Crippen molar-refractivity contribution in [3.63, 3.8) is 0 Å². The molecule has 52 heavy (non-hydrogen) atoms. The van der Waals surface area contributed by atoms with Gasteiger partial charge in [0.05, 0.1) is 0 Å². The Kier molecular flexibility index (Phi) is 6.35. The van der Waals surface area contributed by atoms with Crippen molar-refractivity contribution in [1.82, 2.24) is 0 Å². The van der Waals surface area contributed by atoms with Gasteiger partial charge in [0.25, 0.3) is 0 Å². The Morgan fingerprint density at radius 2 is 0.712 bits per heavy atom. The summed E-state index contributed by atoms with van der Waals surface area (Å²) in [5.41, 5.74) is 15.2. The van der Waals surface area contributed by atoms with Gasteiger partial charge in [0.15, 0.2) is 0 Å². The molecule has 0 heteroatoms. The van der Waals surface area contributed by atoms with E-state index in [1.807, 2.05) is 0 Å². The van der Waals surface area contributed by atoms with Crippen LogP contribution in [0, 0.1) is 0 Å². The van der Waals surface area contributed by atoms with Gasteiger partial charge < -0.3 is 0 Å². The van der Waals surface area contributed by atoms with Crippen molar-refractivity contribution in [3.05, 3.63) is 194 Å². The van der Waals surface area contributed by atoms with Crippen LogP contribution in [0.4, 0.5) is 0 Å². The van der Waals surface area contributed by atoms with Crippen LogP contribution in [-0.4, -0.2) is 0 Å². The molecule has 0 spiro atoms. The molecule has 0 amide bonds. The van der Waals surface area contributed by atoms with Gasteiger partial charge >= 0.3 is 0 Å². The normalized spacial score (nSPS) is 11.8. The number of benzene rings is 10. The molecule has 0 saturated carbocycles. The van der Waals surface area contributed by atoms with E-state index in [4.69, 9.17) is 0 Å². The molecule has 240 valence electrons. The van der Waals surface area contributed by atoms with Crippen LogP contribution in [-0.2, 0) is 0 Å². The molecule has 0 saturated heterocycles. The average molecular weight is 657 g/mol. The quantitative estimate of drug-likeness (QED) is 0.131. The Morgan fingerprint density at radius 3 is 1.46 bits per heavy atom. The summed E-state index contributed by atoms with van der Waals surface area (Å²) in [5, 5.41) is 10.4. The van der Waals surface area contributed by atoms with E-state index in [9.17, 15) is 0 Å². The van der Waals surface area contributed by atoms with Crippen LogP contribution in [0.1, 0.15) is 0 Å². The maximum absolute atomic E-state index is 2.37. The molecule has 10 aromatic rings. The molecule has 0 aliphatic heterocycles. The van der Waals surface area contributed by atoms with E-state index in [0.717, 1.165) is 0 Å². The van der Waals surface area contributed by atoms with Crippen LogP contribution in [0.3, 0.4) is 0 Å². The first-order chi connectivity index (χ1) is 25.8. The monoisotopic (exact) mass is 656 g/mol. The van der Waals surface area contributed by atoms with Crippen LogP contribution < -0.4 is 0 Å². The van der Waals surface area contributed by atoms with Crippen LogP contribution in [0.2, 0.25) is 0 Å². The van der Waals surface area contributed by atoms with Gasteiger partial charge in [0.1, 0.15) is 0 Å². The first-order valence-corrected chi connectivity index (χ1v) is 18.1. The zero-order valence-corrected chi connectivity index (χ0v) is 28.5. The van der Waals surface area contributed by atoms with E-state index < -0.39 is 0 Å². The second-order valence-electron chi connectivity index (χ2n) is 14.0. The lowest BCUT2D eigenvalue weighted by Gasteiger charge is -2.15. The third kappa shape index (κ3) is 4.41. The van der Waals surface area contributed by atoms with Crippen molar-refractivity contribution < 1.29 is 0 Å². The highest BCUT2D eigenvalue weighted by atomic mass is 14.3. The molecule has 0 fully saturated rings. The topological polar surface area (TPSA) is 0 Å². The molecule has 0 bridgehead atoms. The van der Waals surface area contributed by atoms with E-state index in [0.29, 0.717) is 0 Å². The molecule has 0 unspecified atom stereocenters. The van der Waals surface area contributed by atoms with Crippen LogP contribution in [0.25, 0.3) is 110 Å². The summed E-state index contributed by atoms with van der Waals surface area (Å²) in [6.07, 6.45) is 0. The van der Waals surface area contributed by atoms with Crippen molar-refractivity contribution >= 4 is 43.1 Å². The fraction of sp³-hybridized carbons (Fsp3) is 0. The molecule has 0 aromatic heterocycles. The molecule has 0 radical (unpaired) electrons. The van der Waals surface area contributed by atoms with Gasteiger partial charge in [-0.2, -0.15) is 0 Å². The van der Waals surface area contributed by atoms with Gasteiger partial charge in [-0.25, -0.2) is 0 Å². The highest BCUT2D eigenvalue weighted by molar-refractivity contribution is 6.21. The highest BCUT2D eigenvalue weighted by Gasteiger charge is 2.22. The molecule has 0 nitrogen and oxygen atoms in total. The minimum Gasteiger partial charge on any atom is -0.0616 e. The molecular formula is C52H32. The number of rotatable bonds is 4. The summed E-state index contributed by atoms with van der Waals surface area (Å²) >= 11 is 0. The van der Waals surface area contributed by atoms with Gasteiger partial charge in [-0.05, 0) is 134 Å². The Balaban J connectivity index is 1.01. The van der Waals surface area contributed by atoms with Gasteiger partial charge in [-0.3, -0.25) is 0 Å². The lowest BCUT2D eigenvalue weighted by molar-refractivity contribution is 1.58. The van der Waals surface area contributed by atoms with Gasteiger partial charge in [0.2, 0.25) is 0 Å².